The molecule has 2 fully saturated rings. The third kappa shape index (κ3) is 3.88. The highest BCUT2D eigenvalue weighted by molar-refractivity contribution is 7.91. The zero-order chi connectivity index (χ0) is 21.8. The Morgan fingerprint density at radius 3 is 2.77 bits per heavy atom. The smallest absolute Gasteiger partial charge is 0.251 e. The van der Waals surface area contributed by atoms with E-state index in [0.29, 0.717) is 11.4 Å². The molecule has 0 radical (unpaired) electrons. The molecule has 1 aromatic heterocycles. The molecule has 0 bridgehead atoms. The van der Waals surface area contributed by atoms with Crippen molar-refractivity contribution in [3.8, 4) is 0 Å². The number of primary amides is 1. The molecule has 3 aliphatic rings. The highest BCUT2D eigenvalue weighted by Crippen LogP contribution is 2.50. The van der Waals surface area contributed by atoms with Crippen LogP contribution in [0.25, 0.3) is 0 Å². The number of ether oxygens (including phenoxy) is 1. The maximum atomic E-state index is 11.9. The molecule has 0 saturated carbocycles. The summed E-state index contributed by atoms with van der Waals surface area (Å²) in [5.41, 5.74) is 7.89. The minimum atomic E-state index is -2.94. The molecule has 1 aromatic carbocycles. The number of aromatic nitrogens is 2. The lowest BCUT2D eigenvalue weighted by molar-refractivity contribution is -0.148. The topological polar surface area (TPSA) is 108 Å². The number of nitrogens with two attached hydrogens (primary N) is 1. The van der Waals surface area contributed by atoms with E-state index in [-0.39, 0.29) is 17.5 Å². The molecule has 2 aromatic rings. The number of nitrogens with zero attached hydrogens (tertiary/aromatic N) is 3. The second-order valence-electron chi connectivity index (χ2n) is 8.79. The lowest BCUT2D eigenvalue weighted by Crippen LogP contribution is -2.42. The lowest BCUT2D eigenvalue weighted by Gasteiger charge is -2.39. The number of rotatable bonds is 4. The van der Waals surface area contributed by atoms with E-state index in [2.05, 4.69) is 10.00 Å². The van der Waals surface area contributed by atoms with E-state index in [4.69, 9.17) is 22.1 Å². The van der Waals surface area contributed by atoms with Gasteiger partial charge in [0, 0.05) is 36.4 Å². The van der Waals surface area contributed by atoms with Crippen molar-refractivity contribution in [2.24, 2.45) is 5.73 Å². The van der Waals surface area contributed by atoms with Crippen molar-refractivity contribution in [1.29, 1.82) is 0 Å². The molecule has 166 valence electrons. The number of hydrogen-bond acceptors (Lipinski definition) is 6. The summed E-state index contributed by atoms with van der Waals surface area (Å²) in [6.07, 6.45) is 5.13. The molecule has 31 heavy (non-hydrogen) atoms. The second-order valence-corrected chi connectivity index (χ2v) is 11.5. The number of amides is 1. The third-order valence-electron chi connectivity index (χ3n) is 6.70. The van der Waals surface area contributed by atoms with Crippen LogP contribution in [0.15, 0.2) is 30.6 Å². The molecule has 2 atom stereocenters. The van der Waals surface area contributed by atoms with Gasteiger partial charge in [-0.15, -0.1) is 0 Å². The Hall–Kier alpha value is -1.94. The van der Waals surface area contributed by atoms with Gasteiger partial charge in [-0.1, -0.05) is 17.7 Å². The first-order chi connectivity index (χ1) is 14.7. The van der Waals surface area contributed by atoms with Crippen LogP contribution in [-0.4, -0.2) is 53.6 Å². The van der Waals surface area contributed by atoms with Crippen molar-refractivity contribution in [2.75, 3.05) is 24.6 Å². The highest BCUT2D eigenvalue weighted by Gasteiger charge is 2.48. The molecule has 2 saturated heterocycles. The first kappa shape index (κ1) is 20.9. The Balaban J connectivity index is 1.27. The summed E-state index contributed by atoms with van der Waals surface area (Å²) >= 11 is 6.23. The van der Waals surface area contributed by atoms with Gasteiger partial charge in [-0.2, -0.15) is 5.10 Å². The van der Waals surface area contributed by atoms with Gasteiger partial charge in [0.15, 0.2) is 15.9 Å². The molecule has 8 nitrogen and oxygen atoms in total. The molecule has 0 aliphatic carbocycles. The van der Waals surface area contributed by atoms with Crippen LogP contribution in [0.4, 0.5) is 0 Å². The average molecular weight is 465 g/mol. The molecule has 3 aliphatic heterocycles. The maximum absolute atomic E-state index is 11.9. The van der Waals surface area contributed by atoms with Gasteiger partial charge in [-0.25, -0.2) is 8.42 Å². The first-order valence-electron chi connectivity index (χ1n) is 10.5. The molecule has 10 heteroatoms. The fraction of sp³-hybridized carbons (Fsp3) is 0.524. The number of fused-ring (bicyclic) bond motifs is 2. The number of hydrogen-bond donors (Lipinski definition) is 1. The SMILES string of the molecule is NC(=O)C1OC2(CCN(Cc3cnn(C4CCS(=O)(=O)C4)c3)CC2)c2cc(Cl)ccc21. The van der Waals surface area contributed by atoms with Gasteiger partial charge < -0.3 is 10.5 Å². The van der Waals surface area contributed by atoms with Gasteiger partial charge >= 0.3 is 0 Å². The van der Waals surface area contributed by atoms with Crippen molar-refractivity contribution in [2.45, 2.75) is 43.6 Å². The lowest BCUT2D eigenvalue weighted by atomic mass is 9.83. The molecule has 5 rings (SSSR count). The van der Waals surface area contributed by atoms with E-state index in [0.717, 1.165) is 49.2 Å². The third-order valence-corrected chi connectivity index (χ3v) is 8.68. The predicted molar refractivity (Wildman–Crippen MR) is 115 cm³/mol. The fourth-order valence-corrected chi connectivity index (χ4v) is 6.95. The maximum Gasteiger partial charge on any atom is 0.251 e. The summed E-state index contributed by atoms with van der Waals surface area (Å²) in [5.74, 6) is -0.0799. The molecule has 2 N–H and O–H groups in total. The number of carbonyl (C=O) groups excluding carboxylic acids is 1. The Labute approximate surface area is 186 Å². The van der Waals surface area contributed by atoms with E-state index >= 15 is 0 Å². The molecular weight excluding hydrogens is 440 g/mol. The van der Waals surface area contributed by atoms with Gasteiger partial charge in [0.25, 0.3) is 5.91 Å². The number of sulfone groups is 1. The summed E-state index contributed by atoms with van der Waals surface area (Å²) < 4.78 is 31.5. The Kier molecular flexibility index (Phi) is 5.12. The largest absolute Gasteiger partial charge is 0.367 e. The molecule has 1 amide bonds. The fourth-order valence-electron chi connectivity index (χ4n) is 5.08. The van der Waals surface area contributed by atoms with E-state index in [1.54, 1.807) is 10.7 Å². The summed E-state index contributed by atoms with van der Waals surface area (Å²) in [7, 11) is -2.94. The van der Waals surface area contributed by atoms with Gasteiger partial charge in [0.05, 0.1) is 29.3 Å². The van der Waals surface area contributed by atoms with Crippen molar-refractivity contribution < 1.29 is 17.9 Å². The van der Waals surface area contributed by atoms with Crippen molar-refractivity contribution in [1.82, 2.24) is 14.7 Å². The van der Waals surface area contributed by atoms with Gasteiger partial charge in [-0.3, -0.25) is 14.4 Å². The Morgan fingerprint density at radius 1 is 1.32 bits per heavy atom. The summed E-state index contributed by atoms with van der Waals surface area (Å²) in [4.78, 5) is 14.3. The number of likely N-dealkylation sites (tertiary alicyclic amines) is 1. The van der Waals surface area contributed by atoms with Gasteiger partial charge in [-0.05, 0) is 42.5 Å². The second kappa shape index (κ2) is 7.58. The number of carbonyl (C=O) groups is 1. The average Bonchev–Trinajstić information content (AvgIpc) is 3.40. The summed E-state index contributed by atoms with van der Waals surface area (Å²) in [6.45, 7) is 2.32. The van der Waals surface area contributed by atoms with E-state index in [1.807, 2.05) is 24.5 Å². The molecular formula is C21H25ClN4O4S. The summed E-state index contributed by atoms with van der Waals surface area (Å²) in [6, 6.07) is 5.43. The minimum Gasteiger partial charge on any atom is -0.367 e. The zero-order valence-electron chi connectivity index (χ0n) is 17.0. The number of halogens is 1. The highest BCUT2D eigenvalue weighted by atomic mass is 35.5. The van der Waals surface area contributed by atoms with E-state index in [9.17, 15) is 13.2 Å². The van der Waals surface area contributed by atoms with E-state index < -0.39 is 27.4 Å². The van der Waals surface area contributed by atoms with Crippen LogP contribution in [0.1, 0.15) is 48.1 Å². The van der Waals surface area contributed by atoms with Crippen molar-refractivity contribution >= 4 is 27.3 Å². The number of piperidine rings is 1. The quantitative estimate of drug-likeness (QED) is 0.740. The van der Waals surface area contributed by atoms with Crippen LogP contribution in [0.2, 0.25) is 5.02 Å². The van der Waals surface area contributed by atoms with Crippen LogP contribution in [0, 0.1) is 0 Å². The zero-order valence-corrected chi connectivity index (χ0v) is 18.6. The van der Waals surface area contributed by atoms with Crippen LogP contribution in [0.5, 0.6) is 0 Å². The van der Waals surface area contributed by atoms with Crippen LogP contribution in [0.3, 0.4) is 0 Å². The predicted octanol–water partition coefficient (Wildman–Crippen LogP) is 1.94. The molecule has 2 unspecified atom stereocenters. The van der Waals surface area contributed by atoms with Crippen LogP contribution < -0.4 is 5.73 Å². The van der Waals surface area contributed by atoms with Gasteiger partial charge in [0.2, 0.25) is 0 Å². The normalized spacial score (nSPS) is 26.9. The molecule has 1 spiro atoms. The minimum absolute atomic E-state index is 0.0674. The summed E-state index contributed by atoms with van der Waals surface area (Å²) in [5, 5.41) is 5.02. The molecule has 4 heterocycles. The van der Waals surface area contributed by atoms with E-state index in [1.165, 1.54) is 0 Å². The monoisotopic (exact) mass is 464 g/mol. The van der Waals surface area contributed by atoms with Crippen LogP contribution >= 0.6 is 11.6 Å². The van der Waals surface area contributed by atoms with Gasteiger partial charge in [0.1, 0.15) is 0 Å². The Bertz CT molecular complexity index is 1120. The van der Waals surface area contributed by atoms with Crippen molar-refractivity contribution in [3.63, 3.8) is 0 Å². The standard InChI is InChI=1S/C21H25ClN4O4S/c22-15-1-2-17-18(9-15)21(30-19(17)20(23)27)4-6-25(7-5-21)11-14-10-24-26(12-14)16-3-8-31(28,29)13-16/h1-2,9-10,12,16,19H,3-8,11,13H2,(H2,23,27). The Morgan fingerprint density at radius 2 is 2.10 bits per heavy atom. The number of benzene rings is 1. The first-order valence-corrected chi connectivity index (χ1v) is 12.7. The van der Waals surface area contributed by atoms with Crippen molar-refractivity contribution in [3.05, 3.63) is 52.3 Å². The van der Waals surface area contributed by atoms with Crippen LogP contribution in [-0.2, 0) is 31.5 Å².